The van der Waals surface area contributed by atoms with E-state index in [2.05, 4.69) is 16.2 Å². The fraction of sp³-hybridized carbons (Fsp3) is 0.360. The Morgan fingerprint density at radius 1 is 0.941 bits per heavy atom. The van der Waals surface area contributed by atoms with Gasteiger partial charge in [0, 0.05) is 61.6 Å². The van der Waals surface area contributed by atoms with Crippen LogP contribution in [0.5, 0.6) is 0 Å². The Hall–Kier alpha value is -3.57. The van der Waals surface area contributed by atoms with Crippen molar-refractivity contribution in [3.05, 3.63) is 69.7 Å². The zero-order chi connectivity index (χ0) is 23.7. The zero-order valence-electron chi connectivity index (χ0n) is 18.7. The lowest BCUT2D eigenvalue weighted by molar-refractivity contribution is -0.264. The standard InChI is InChI=1S/C25H25ClN5O3/c26-19-4-3-5-20(15-19)28-10-12-30(13-11-28)24(33)18-6-7-22-21(14-18)25(34)31(17-27-22)16-23(32)29-8-1-2-9-29/h3-7,14-15H,1-2,8-13,16H2/q+1. The van der Waals surface area contributed by atoms with Gasteiger partial charge >= 0.3 is 11.9 Å². The van der Waals surface area contributed by atoms with Gasteiger partial charge < -0.3 is 14.7 Å². The fourth-order valence-electron chi connectivity index (χ4n) is 4.57. The molecule has 3 aromatic rings. The van der Waals surface area contributed by atoms with Crippen LogP contribution in [-0.4, -0.2) is 65.4 Å². The molecular formula is C25H25ClN5O3+. The summed E-state index contributed by atoms with van der Waals surface area (Å²) in [6.07, 6.45) is 4.64. The van der Waals surface area contributed by atoms with Crippen molar-refractivity contribution < 1.29 is 14.6 Å². The van der Waals surface area contributed by atoms with E-state index in [1.165, 1.54) is 4.57 Å². The van der Waals surface area contributed by atoms with E-state index in [1.807, 2.05) is 24.3 Å². The molecule has 174 valence electrons. The minimum atomic E-state index is -0.363. The van der Waals surface area contributed by atoms with Gasteiger partial charge in [-0.2, -0.15) is 4.98 Å². The van der Waals surface area contributed by atoms with Gasteiger partial charge in [-0.1, -0.05) is 17.7 Å². The maximum Gasteiger partial charge on any atom is 0.386 e. The summed E-state index contributed by atoms with van der Waals surface area (Å²) < 4.78 is 1.21. The van der Waals surface area contributed by atoms with Crippen LogP contribution in [0.15, 0.2) is 47.3 Å². The van der Waals surface area contributed by atoms with E-state index in [-0.39, 0.29) is 23.9 Å². The second kappa shape index (κ2) is 9.35. The summed E-state index contributed by atoms with van der Waals surface area (Å²) in [5.74, 6) is -0.235. The van der Waals surface area contributed by atoms with Crippen molar-refractivity contribution in [2.45, 2.75) is 19.4 Å². The van der Waals surface area contributed by atoms with Gasteiger partial charge in [0.2, 0.25) is 0 Å². The highest BCUT2D eigenvalue weighted by Crippen LogP contribution is 2.21. The van der Waals surface area contributed by atoms with E-state index >= 15 is 0 Å². The predicted octanol–water partition coefficient (Wildman–Crippen LogP) is 1.64. The molecule has 1 aromatic heterocycles. The van der Waals surface area contributed by atoms with Crippen LogP contribution in [0.3, 0.4) is 0 Å². The number of amides is 2. The molecule has 8 nitrogen and oxygen atoms in total. The molecule has 9 heteroatoms. The Labute approximate surface area is 202 Å². The first-order valence-electron chi connectivity index (χ1n) is 11.5. The quantitative estimate of drug-likeness (QED) is 0.569. The summed E-state index contributed by atoms with van der Waals surface area (Å²) in [4.78, 5) is 48.7. The van der Waals surface area contributed by atoms with Gasteiger partial charge in [0.1, 0.15) is 5.39 Å². The summed E-state index contributed by atoms with van der Waals surface area (Å²) in [5, 5.41) is 1.00. The molecule has 2 fully saturated rings. The van der Waals surface area contributed by atoms with Crippen LogP contribution in [0.4, 0.5) is 5.69 Å². The Morgan fingerprint density at radius 2 is 1.71 bits per heavy atom. The molecule has 0 radical (unpaired) electrons. The summed E-state index contributed by atoms with van der Waals surface area (Å²) in [7, 11) is 0. The average Bonchev–Trinajstić information content (AvgIpc) is 3.41. The molecule has 0 aliphatic carbocycles. The molecule has 34 heavy (non-hydrogen) atoms. The number of halogens is 1. The number of hydrogen-bond acceptors (Lipinski definition) is 4. The third-order valence-electron chi connectivity index (χ3n) is 6.50. The Morgan fingerprint density at radius 3 is 2.44 bits per heavy atom. The van der Waals surface area contributed by atoms with Crippen molar-refractivity contribution in [3.63, 3.8) is 0 Å². The highest BCUT2D eigenvalue weighted by atomic mass is 35.5. The van der Waals surface area contributed by atoms with Crippen molar-refractivity contribution in [1.29, 1.82) is 0 Å². The first-order chi connectivity index (χ1) is 16.5. The van der Waals surface area contributed by atoms with Crippen LogP contribution >= 0.6 is 11.6 Å². The summed E-state index contributed by atoms with van der Waals surface area (Å²) in [6.45, 7) is 3.88. The second-order valence-electron chi connectivity index (χ2n) is 8.68. The van der Waals surface area contributed by atoms with Gasteiger partial charge in [-0.15, -0.1) is 4.57 Å². The summed E-state index contributed by atoms with van der Waals surface area (Å²) in [5.41, 5.74) is 1.57. The van der Waals surface area contributed by atoms with E-state index in [0.29, 0.717) is 47.7 Å². The van der Waals surface area contributed by atoms with Crippen molar-refractivity contribution in [2.24, 2.45) is 0 Å². The predicted molar refractivity (Wildman–Crippen MR) is 128 cm³/mol. The van der Waals surface area contributed by atoms with Crippen molar-refractivity contribution in [1.82, 2.24) is 14.4 Å². The molecule has 5 rings (SSSR count). The molecular weight excluding hydrogens is 454 g/mol. The van der Waals surface area contributed by atoms with Gasteiger partial charge in [0.05, 0.1) is 0 Å². The molecule has 2 amide bonds. The average molecular weight is 479 g/mol. The highest BCUT2D eigenvalue weighted by Gasteiger charge is 2.25. The molecule has 0 spiro atoms. The number of hydrogen-bond donors (Lipinski definition) is 0. The molecule has 0 bridgehead atoms. The van der Waals surface area contributed by atoms with E-state index in [0.717, 1.165) is 31.6 Å². The SMILES string of the molecule is O=C(Cn1c#[n+]c2ccc(C(=O)N3CCN(c4cccc(Cl)c4)CC3)cc2c1=O)N1CCCC1. The Bertz CT molecular complexity index is 1290. The normalized spacial score (nSPS) is 16.1. The maximum atomic E-state index is 13.2. The third-order valence-corrected chi connectivity index (χ3v) is 6.74. The Kier molecular flexibility index (Phi) is 6.12. The van der Waals surface area contributed by atoms with Crippen LogP contribution in [0, 0.1) is 6.33 Å². The first-order valence-corrected chi connectivity index (χ1v) is 11.9. The number of aromatic nitrogens is 2. The number of benzene rings is 2. The minimum Gasteiger partial charge on any atom is -0.368 e. The largest absolute Gasteiger partial charge is 0.386 e. The highest BCUT2D eigenvalue weighted by molar-refractivity contribution is 6.30. The summed E-state index contributed by atoms with van der Waals surface area (Å²) >= 11 is 6.11. The third kappa shape index (κ3) is 4.44. The number of nitrogens with zero attached hydrogens (tertiary/aromatic N) is 5. The number of piperazine rings is 1. The molecule has 0 saturated carbocycles. The summed E-state index contributed by atoms with van der Waals surface area (Å²) in [6, 6.07) is 12.6. The molecule has 3 heterocycles. The fourth-order valence-corrected chi connectivity index (χ4v) is 4.76. The first kappa shape index (κ1) is 22.2. The lowest BCUT2D eigenvalue weighted by Gasteiger charge is -2.36. The zero-order valence-corrected chi connectivity index (χ0v) is 19.5. The van der Waals surface area contributed by atoms with Crippen LogP contribution in [0.1, 0.15) is 23.2 Å². The van der Waals surface area contributed by atoms with E-state index in [1.54, 1.807) is 28.0 Å². The van der Waals surface area contributed by atoms with Crippen LogP contribution in [-0.2, 0) is 11.3 Å². The Balaban J connectivity index is 1.31. The lowest BCUT2D eigenvalue weighted by Crippen LogP contribution is -2.48. The molecule has 2 saturated heterocycles. The van der Waals surface area contributed by atoms with Crippen molar-refractivity contribution >= 4 is 40.0 Å². The second-order valence-corrected chi connectivity index (χ2v) is 9.12. The van der Waals surface area contributed by atoms with Gasteiger partial charge in [0.15, 0.2) is 6.54 Å². The monoisotopic (exact) mass is 478 g/mol. The molecule has 0 N–H and O–H groups in total. The van der Waals surface area contributed by atoms with Gasteiger partial charge in [-0.3, -0.25) is 9.59 Å². The molecule has 0 unspecified atom stereocenters. The smallest absolute Gasteiger partial charge is 0.368 e. The van der Waals surface area contributed by atoms with E-state index in [4.69, 9.17) is 11.6 Å². The lowest BCUT2D eigenvalue weighted by atomic mass is 10.1. The van der Waals surface area contributed by atoms with Gasteiger partial charge in [0.25, 0.3) is 17.3 Å². The van der Waals surface area contributed by atoms with Crippen LogP contribution in [0.25, 0.3) is 10.9 Å². The van der Waals surface area contributed by atoms with E-state index in [9.17, 15) is 14.4 Å². The van der Waals surface area contributed by atoms with Gasteiger partial charge in [-0.25, -0.2) is 4.79 Å². The van der Waals surface area contributed by atoms with Crippen molar-refractivity contribution in [2.75, 3.05) is 44.2 Å². The molecule has 2 aliphatic rings. The minimum absolute atomic E-state index is 0.0919. The van der Waals surface area contributed by atoms with Gasteiger partial charge in [-0.05, 0) is 43.2 Å². The molecule has 2 aromatic carbocycles. The van der Waals surface area contributed by atoms with Crippen LogP contribution < -0.4 is 15.4 Å². The number of fused-ring (bicyclic) bond motifs is 1. The topological polar surface area (TPSA) is 80.0 Å². The van der Waals surface area contributed by atoms with Crippen LogP contribution in [0.2, 0.25) is 5.02 Å². The number of likely N-dealkylation sites (tertiary alicyclic amines) is 1. The number of rotatable bonds is 4. The number of anilines is 1. The molecule has 2 aliphatic heterocycles. The maximum absolute atomic E-state index is 13.2. The van der Waals surface area contributed by atoms with E-state index < -0.39 is 0 Å². The number of carbonyl (C=O) groups excluding carboxylic acids is 2. The van der Waals surface area contributed by atoms with Crippen molar-refractivity contribution in [3.8, 4) is 0 Å². The molecule has 0 atom stereocenters. The number of carbonyl (C=O) groups is 2.